The fourth-order valence-electron chi connectivity index (χ4n) is 2.33. The third-order valence-corrected chi connectivity index (χ3v) is 3.53. The maximum Gasteiger partial charge on any atom is 0.163 e. The number of aromatic nitrogens is 5. The zero-order chi connectivity index (χ0) is 14.2. The van der Waals surface area contributed by atoms with E-state index in [1.165, 1.54) is 0 Å². The fourth-order valence-corrected chi connectivity index (χ4v) is 2.46. The summed E-state index contributed by atoms with van der Waals surface area (Å²) in [5.74, 6) is 0.790. The van der Waals surface area contributed by atoms with Gasteiger partial charge in [0.15, 0.2) is 5.82 Å². The van der Waals surface area contributed by atoms with Gasteiger partial charge >= 0.3 is 0 Å². The first-order valence-corrected chi connectivity index (χ1v) is 6.78. The lowest BCUT2D eigenvalue weighted by Gasteiger charge is -2.08. The number of aromatic amines is 1. The van der Waals surface area contributed by atoms with E-state index < -0.39 is 0 Å². The van der Waals surface area contributed by atoms with Gasteiger partial charge in [-0.15, -0.1) is 0 Å². The molecule has 0 aliphatic rings. The molecule has 3 aromatic heterocycles. The van der Waals surface area contributed by atoms with Gasteiger partial charge < -0.3 is 4.98 Å². The molecular formula is C15H10ClN5. The Morgan fingerprint density at radius 1 is 1.00 bits per heavy atom. The van der Waals surface area contributed by atoms with Gasteiger partial charge in [0.1, 0.15) is 5.69 Å². The Bertz CT molecular complexity index is 894. The van der Waals surface area contributed by atoms with Crippen molar-refractivity contribution in [3.63, 3.8) is 0 Å². The van der Waals surface area contributed by atoms with Gasteiger partial charge in [-0.2, -0.15) is 0 Å². The van der Waals surface area contributed by atoms with Gasteiger partial charge in [0.2, 0.25) is 0 Å². The Kier molecular flexibility index (Phi) is 2.72. The molecule has 0 atom stereocenters. The molecule has 0 aliphatic carbocycles. The van der Waals surface area contributed by atoms with Crippen LogP contribution in [-0.2, 0) is 0 Å². The summed E-state index contributed by atoms with van der Waals surface area (Å²) in [4.78, 5) is 16.0. The van der Waals surface area contributed by atoms with Crippen molar-refractivity contribution in [1.29, 1.82) is 0 Å². The van der Waals surface area contributed by atoms with Crippen LogP contribution in [0.4, 0.5) is 0 Å². The topological polar surface area (TPSA) is 59.4 Å². The summed E-state index contributed by atoms with van der Waals surface area (Å²) in [6.07, 6.45) is 6.93. The number of nitrogens with zero attached hydrogens (tertiary/aromatic N) is 4. The van der Waals surface area contributed by atoms with E-state index in [4.69, 9.17) is 11.6 Å². The Hall–Kier alpha value is -2.66. The van der Waals surface area contributed by atoms with Crippen LogP contribution < -0.4 is 0 Å². The molecule has 4 aromatic rings. The Morgan fingerprint density at radius 2 is 1.86 bits per heavy atom. The van der Waals surface area contributed by atoms with Crippen molar-refractivity contribution in [2.24, 2.45) is 0 Å². The molecule has 0 saturated carbocycles. The molecular weight excluding hydrogens is 286 g/mol. The molecule has 0 unspecified atom stereocenters. The molecule has 0 amide bonds. The summed E-state index contributed by atoms with van der Waals surface area (Å²) in [7, 11) is 0. The van der Waals surface area contributed by atoms with Crippen molar-refractivity contribution >= 4 is 22.6 Å². The van der Waals surface area contributed by atoms with Crippen LogP contribution in [0.25, 0.3) is 28.2 Å². The average Bonchev–Trinajstić information content (AvgIpc) is 3.15. The Balaban J connectivity index is 2.05. The minimum absolute atomic E-state index is 0.699. The van der Waals surface area contributed by atoms with E-state index in [0.29, 0.717) is 5.02 Å². The Labute approximate surface area is 125 Å². The molecule has 0 bridgehead atoms. The summed E-state index contributed by atoms with van der Waals surface area (Å²) < 4.78 is 2.03. The molecule has 4 rings (SSSR count). The van der Waals surface area contributed by atoms with Crippen LogP contribution in [0.1, 0.15) is 0 Å². The van der Waals surface area contributed by atoms with E-state index in [1.807, 2.05) is 34.9 Å². The molecule has 1 N–H and O–H groups in total. The van der Waals surface area contributed by atoms with Gasteiger partial charge in [0.05, 0.1) is 29.8 Å². The first kappa shape index (κ1) is 12.1. The van der Waals surface area contributed by atoms with Crippen molar-refractivity contribution < 1.29 is 0 Å². The minimum atomic E-state index is 0.699. The van der Waals surface area contributed by atoms with E-state index in [2.05, 4.69) is 19.9 Å². The number of benzene rings is 1. The SMILES string of the molecule is Clc1ccc(-n2c(-c3cnc[nH]3)nc3ccncc32)cc1. The number of rotatable bonds is 2. The second-order valence-electron chi connectivity index (χ2n) is 4.58. The molecule has 0 fully saturated rings. The molecule has 3 heterocycles. The van der Waals surface area contributed by atoms with Crippen molar-refractivity contribution in [2.45, 2.75) is 0 Å². The smallest absolute Gasteiger partial charge is 0.163 e. The van der Waals surface area contributed by atoms with Crippen LogP contribution in [0.3, 0.4) is 0 Å². The lowest BCUT2D eigenvalue weighted by molar-refractivity contribution is 1.08. The van der Waals surface area contributed by atoms with Crippen LogP contribution in [0.2, 0.25) is 5.02 Å². The van der Waals surface area contributed by atoms with Crippen LogP contribution >= 0.6 is 11.6 Å². The number of H-pyrrole nitrogens is 1. The van der Waals surface area contributed by atoms with Crippen molar-refractivity contribution in [2.75, 3.05) is 0 Å². The summed E-state index contributed by atoms with van der Waals surface area (Å²) in [6, 6.07) is 9.51. The Morgan fingerprint density at radius 3 is 2.62 bits per heavy atom. The first-order chi connectivity index (χ1) is 10.3. The fraction of sp³-hybridized carbons (Fsp3) is 0. The van der Waals surface area contributed by atoms with Gasteiger partial charge in [-0.3, -0.25) is 9.55 Å². The number of hydrogen-bond acceptors (Lipinski definition) is 3. The van der Waals surface area contributed by atoms with Crippen LogP contribution in [0.15, 0.2) is 55.2 Å². The van der Waals surface area contributed by atoms with Gasteiger partial charge in [0.25, 0.3) is 0 Å². The lowest BCUT2D eigenvalue weighted by Crippen LogP contribution is -1.97. The minimum Gasteiger partial charge on any atom is -0.342 e. The number of hydrogen-bond donors (Lipinski definition) is 1. The molecule has 0 saturated heterocycles. The zero-order valence-electron chi connectivity index (χ0n) is 10.9. The van der Waals surface area contributed by atoms with Gasteiger partial charge in [-0.05, 0) is 30.3 Å². The number of halogens is 1. The van der Waals surface area contributed by atoms with Gasteiger partial charge in [-0.25, -0.2) is 9.97 Å². The van der Waals surface area contributed by atoms with Gasteiger partial charge in [-0.1, -0.05) is 11.6 Å². The molecule has 5 nitrogen and oxygen atoms in total. The number of imidazole rings is 2. The number of pyridine rings is 1. The molecule has 0 aliphatic heterocycles. The molecule has 1 aromatic carbocycles. The standard InChI is InChI=1S/C15H10ClN5/c16-10-1-3-11(4-2-10)21-14-8-17-6-5-12(14)20-15(21)13-7-18-9-19-13/h1-9H,(H,18,19). The average molecular weight is 296 g/mol. The molecule has 0 radical (unpaired) electrons. The van der Waals surface area contributed by atoms with Crippen LogP contribution in [0, 0.1) is 0 Å². The first-order valence-electron chi connectivity index (χ1n) is 6.40. The van der Waals surface area contributed by atoms with E-state index in [-0.39, 0.29) is 0 Å². The number of fused-ring (bicyclic) bond motifs is 1. The predicted molar refractivity (Wildman–Crippen MR) is 81.5 cm³/mol. The molecule has 0 spiro atoms. The summed E-state index contributed by atoms with van der Waals surface area (Å²) in [5.41, 5.74) is 3.63. The van der Waals surface area contributed by atoms with Crippen LogP contribution in [0.5, 0.6) is 0 Å². The molecule has 6 heteroatoms. The highest BCUT2D eigenvalue weighted by Crippen LogP contribution is 2.27. The largest absolute Gasteiger partial charge is 0.342 e. The summed E-state index contributed by atoms with van der Waals surface area (Å²) in [5, 5.41) is 0.699. The second kappa shape index (κ2) is 4.71. The highest BCUT2D eigenvalue weighted by Gasteiger charge is 2.15. The van der Waals surface area contributed by atoms with E-state index >= 15 is 0 Å². The quantitative estimate of drug-likeness (QED) is 0.616. The highest BCUT2D eigenvalue weighted by molar-refractivity contribution is 6.30. The summed E-state index contributed by atoms with van der Waals surface area (Å²) in [6.45, 7) is 0. The lowest BCUT2D eigenvalue weighted by atomic mass is 10.3. The monoisotopic (exact) mass is 295 g/mol. The van der Waals surface area contributed by atoms with E-state index in [1.54, 1.807) is 24.9 Å². The normalized spacial score (nSPS) is 11.1. The van der Waals surface area contributed by atoms with E-state index in [0.717, 1.165) is 28.2 Å². The van der Waals surface area contributed by atoms with Crippen molar-refractivity contribution in [3.05, 3.63) is 60.3 Å². The van der Waals surface area contributed by atoms with E-state index in [9.17, 15) is 0 Å². The van der Waals surface area contributed by atoms with Crippen molar-refractivity contribution in [3.8, 4) is 17.2 Å². The molecule has 21 heavy (non-hydrogen) atoms. The second-order valence-corrected chi connectivity index (χ2v) is 5.01. The van der Waals surface area contributed by atoms with Gasteiger partial charge in [0, 0.05) is 16.9 Å². The maximum atomic E-state index is 5.98. The zero-order valence-corrected chi connectivity index (χ0v) is 11.6. The third kappa shape index (κ3) is 1.98. The van der Waals surface area contributed by atoms with Crippen LogP contribution in [-0.4, -0.2) is 24.5 Å². The highest BCUT2D eigenvalue weighted by atomic mass is 35.5. The summed E-state index contributed by atoms with van der Waals surface area (Å²) >= 11 is 5.98. The number of nitrogens with one attached hydrogen (secondary N) is 1. The van der Waals surface area contributed by atoms with Crippen molar-refractivity contribution in [1.82, 2.24) is 24.5 Å². The maximum absolute atomic E-state index is 5.98. The third-order valence-electron chi connectivity index (χ3n) is 3.28. The molecule has 102 valence electrons. The predicted octanol–water partition coefficient (Wildman–Crippen LogP) is 3.46.